The van der Waals surface area contributed by atoms with Crippen molar-refractivity contribution in [2.24, 2.45) is 11.8 Å². The Kier molecular flexibility index (Phi) is 2.68. The molecule has 2 saturated heterocycles. The molecule has 5 unspecified atom stereocenters. The van der Waals surface area contributed by atoms with Crippen molar-refractivity contribution < 1.29 is 19.1 Å². The van der Waals surface area contributed by atoms with E-state index < -0.39 is 0 Å². The largest absolute Gasteiger partial charge is 0.458 e. The summed E-state index contributed by atoms with van der Waals surface area (Å²) >= 11 is 0. The van der Waals surface area contributed by atoms with Crippen molar-refractivity contribution in [3.05, 3.63) is 24.3 Å². The summed E-state index contributed by atoms with van der Waals surface area (Å²) in [5.41, 5.74) is 0.224. The van der Waals surface area contributed by atoms with Crippen molar-refractivity contribution in [3.8, 4) is 0 Å². The highest BCUT2D eigenvalue weighted by Gasteiger charge is 2.63. The van der Waals surface area contributed by atoms with Gasteiger partial charge in [0.2, 0.25) is 0 Å². The molecule has 1 aliphatic carbocycles. The third kappa shape index (κ3) is 1.86. The van der Waals surface area contributed by atoms with Crippen LogP contribution in [0.3, 0.4) is 0 Å². The van der Waals surface area contributed by atoms with Gasteiger partial charge in [-0.3, -0.25) is 4.79 Å². The zero-order chi connectivity index (χ0) is 13.8. The average molecular weight is 262 g/mol. The first-order chi connectivity index (χ1) is 8.94. The third-order valence-electron chi connectivity index (χ3n) is 4.61. The minimum Gasteiger partial charge on any atom is -0.458 e. The molecule has 4 nitrogen and oxygen atoms in total. The van der Waals surface area contributed by atoms with Crippen molar-refractivity contribution in [1.29, 1.82) is 0 Å². The number of ether oxygens (including phenoxy) is 2. The van der Waals surface area contributed by atoms with Crippen LogP contribution < -0.4 is 0 Å². The molecule has 3 rings (SSSR count). The standard InChI is InChI=1S/C15H18O4/c1-8-6-12-11(10(3)14(17)18-12)7-13-15(8,19-13)5-4-9(2)16/h4-5,8,11-13H,3,6-7H2,1-2H3/b5-4+. The van der Waals surface area contributed by atoms with Crippen LogP contribution in [0.2, 0.25) is 0 Å². The summed E-state index contributed by atoms with van der Waals surface area (Å²) in [5.74, 6) is 0.0441. The van der Waals surface area contributed by atoms with E-state index in [-0.39, 0.29) is 41.4 Å². The molecule has 3 aliphatic rings. The minimum absolute atomic E-state index is 0.0242. The van der Waals surface area contributed by atoms with Gasteiger partial charge >= 0.3 is 5.97 Å². The first-order valence-electron chi connectivity index (χ1n) is 6.71. The van der Waals surface area contributed by atoms with Crippen molar-refractivity contribution >= 4 is 11.8 Å². The number of carbonyl (C=O) groups is 2. The van der Waals surface area contributed by atoms with E-state index in [9.17, 15) is 9.59 Å². The minimum atomic E-state index is -0.345. The SMILES string of the molecule is C=C1C(=O)OC2CC(C)C3(/C=C/C(C)=O)OC3CC12. The quantitative estimate of drug-likeness (QED) is 0.432. The Hall–Kier alpha value is -1.42. The predicted octanol–water partition coefficient (Wildman–Crippen LogP) is 1.80. The molecule has 0 aromatic carbocycles. The van der Waals surface area contributed by atoms with Gasteiger partial charge in [-0.25, -0.2) is 4.79 Å². The van der Waals surface area contributed by atoms with Gasteiger partial charge in [-0.2, -0.15) is 0 Å². The van der Waals surface area contributed by atoms with Crippen LogP contribution in [-0.4, -0.2) is 29.6 Å². The van der Waals surface area contributed by atoms with E-state index in [1.165, 1.54) is 6.92 Å². The van der Waals surface area contributed by atoms with E-state index in [1.54, 1.807) is 6.08 Å². The van der Waals surface area contributed by atoms with Gasteiger partial charge in [0.25, 0.3) is 0 Å². The van der Waals surface area contributed by atoms with E-state index in [0.29, 0.717) is 5.57 Å². The summed E-state index contributed by atoms with van der Waals surface area (Å²) in [6.45, 7) is 7.45. The summed E-state index contributed by atoms with van der Waals surface area (Å²) in [5, 5.41) is 0. The number of esters is 1. The second kappa shape index (κ2) is 4.04. The van der Waals surface area contributed by atoms with E-state index in [1.807, 2.05) is 6.08 Å². The number of allylic oxidation sites excluding steroid dienone is 1. The van der Waals surface area contributed by atoms with Gasteiger partial charge in [0, 0.05) is 11.5 Å². The highest BCUT2D eigenvalue weighted by Crippen LogP contribution is 2.54. The lowest BCUT2D eigenvalue weighted by Gasteiger charge is -2.20. The Morgan fingerprint density at radius 2 is 2.21 bits per heavy atom. The van der Waals surface area contributed by atoms with Gasteiger partial charge in [-0.15, -0.1) is 0 Å². The number of ketones is 1. The maximum Gasteiger partial charge on any atom is 0.334 e. The number of carbonyl (C=O) groups excluding carboxylic acids is 2. The fourth-order valence-electron chi connectivity index (χ4n) is 3.38. The molecule has 5 atom stereocenters. The molecule has 0 radical (unpaired) electrons. The smallest absolute Gasteiger partial charge is 0.334 e. The number of rotatable bonds is 2. The van der Waals surface area contributed by atoms with Crippen LogP contribution in [0.25, 0.3) is 0 Å². The van der Waals surface area contributed by atoms with Gasteiger partial charge in [-0.05, 0) is 37.8 Å². The van der Waals surface area contributed by atoms with Crippen molar-refractivity contribution in [1.82, 2.24) is 0 Å². The zero-order valence-electron chi connectivity index (χ0n) is 11.2. The van der Waals surface area contributed by atoms with Crippen LogP contribution in [0.15, 0.2) is 24.3 Å². The molecule has 0 aromatic rings. The lowest BCUT2D eigenvalue weighted by molar-refractivity contribution is -0.139. The molecule has 102 valence electrons. The molecule has 4 heteroatoms. The summed E-state index contributed by atoms with van der Waals surface area (Å²) in [6, 6.07) is 0. The van der Waals surface area contributed by atoms with Crippen LogP contribution in [0.5, 0.6) is 0 Å². The van der Waals surface area contributed by atoms with Gasteiger partial charge in [0.05, 0.1) is 6.10 Å². The summed E-state index contributed by atoms with van der Waals surface area (Å²) in [7, 11) is 0. The third-order valence-corrected chi connectivity index (χ3v) is 4.61. The molecule has 3 fully saturated rings. The van der Waals surface area contributed by atoms with Crippen LogP contribution in [0, 0.1) is 11.8 Å². The number of epoxide rings is 1. The van der Waals surface area contributed by atoms with E-state index >= 15 is 0 Å². The Labute approximate surface area is 112 Å². The van der Waals surface area contributed by atoms with Gasteiger partial charge in [0.1, 0.15) is 11.7 Å². The molecule has 0 spiro atoms. The van der Waals surface area contributed by atoms with Gasteiger partial charge in [-0.1, -0.05) is 13.5 Å². The molecule has 19 heavy (non-hydrogen) atoms. The molecule has 0 N–H and O–H groups in total. The van der Waals surface area contributed by atoms with Crippen LogP contribution in [0.1, 0.15) is 26.7 Å². The number of fused-ring (bicyclic) bond motifs is 2. The fourth-order valence-corrected chi connectivity index (χ4v) is 3.38. The molecule has 0 aromatic heterocycles. The van der Waals surface area contributed by atoms with Gasteiger partial charge in [0.15, 0.2) is 5.78 Å². The van der Waals surface area contributed by atoms with Crippen LogP contribution in [0.4, 0.5) is 0 Å². The molecule has 1 saturated carbocycles. The molecular formula is C15H18O4. The Bertz CT molecular complexity index is 492. The van der Waals surface area contributed by atoms with E-state index in [4.69, 9.17) is 9.47 Å². The maximum absolute atomic E-state index is 11.6. The monoisotopic (exact) mass is 262 g/mol. The van der Waals surface area contributed by atoms with Crippen molar-refractivity contribution in [2.45, 2.75) is 44.5 Å². The molecule has 2 heterocycles. The highest BCUT2D eigenvalue weighted by molar-refractivity contribution is 5.91. The normalized spacial score (nSPS) is 44.5. The first-order valence-corrected chi connectivity index (χ1v) is 6.71. The maximum atomic E-state index is 11.6. The predicted molar refractivity (Wildman–Crippen MR) is 68.3 cm³/mol. The molecular weight excluding hydrogens is 244 g/mol. The molecule has 2 aliphatic heterocycles. The van der Waals surface area contributed by atoms with Crippen molar-refractivity contribution in [2.75, 3.05) is 0 Å². The number of hydrogen-bond donors (Lipinski definition) is 0. The average Bonchev–Trinajstić information content (AvgIpc) is 3.00. The topological polar surface area (TPSA) is 55.9 Å². The van der Waals surface area contributed by atoms with E-state index in [2.05, 4.69) is 13.5 Å². The Balaban J connectivity index is 1.83. The Morgan fingerprint density at radius 3 is 2.89 bits per heavy atom. The lowest BCUT2D eigenvalue weighted by atomic mass is 9.88. The van der Waals surface area contributed by atoms with Gasteiger partial charge < -0.3 is 9.47 Å². The summed E-state index contributed by atoms with van der Waals surface area (Å²) in [6.07, 6.45) is 4.97. The fraction of sp³-hybridized carbons (Fsp3) is 0.600. The second-order valence-corrected chi connectivity index (χ2v) is 5.85. The second-order valence-electron chi connectivity index (χ2n) is 5.85. The van der Waals surface area contributed by atoms with Crippen LogP contribution >= 0.6 is 0 Å². The van der Waals surface area contributed by atoms with Crippen LogP contribution in [-0.2, 0) is 19.1 Å². The van der Waals surface area contributed by atoms with Crippen molar-refractivity contribution in [3.63, 3.8) is 0 Å². The molecule has 0 bridgehead atoms. The lowest BCUT2D eigenvalue weighted by Crippen LogP contribution is -2.24. The van der Waals surface area contributed by atoms with E-state index in [0.717, 1.165) is 12.8 Å². The molecule has 0 amide bonds. The highest BCUT2D eigenvalue weighted by atomic mass is 16.6. The number of hydrogen-bond acceptors (Lipinski definition) is 4. The zero-order valence-corrected chi connectivity index (χ0v) is 11.2. The summed E-state index contributed by atoms with van der Waals surface area (Å²) in [4.78, 5) is 22.7. The first kappa shape index (κ1) is 12.6. The summed E-state index contributed by atoms with van der Waals surface area (Å²) < 4.78 is 11.2. The Morgan fingerprint density at radius 1 is 1.47 bits per heavy atom.